The summed E-state index contributed by atoms with van der Waals surface area (Å²) >= 11 is 0. The van der Waals surface area contributed by atoms with E-state index in [0.29, 0.717) is 18.8 Å². The fourth-order valence-electron chi connectivity index (χ4n) is 6.37. The summed E-state index contributed by atoms with van der Waals surface area (Å²) in [6.07, 6.45) is 16.4. The zero-order chi connectivity index (χ0) is 22.5. The van der Waals surface area contributed by atoms with E-state index in [1.54, 1.807) is 19.1 Å². The van der Waals surface area contributed by atoms with Gasteiger partial charge in [0, 0.05) is 5.92 Å². The maximum absolute atomic E-state index is 14.6. The molecule has 0 N–H and O–H groups in total. The van der Waals surface area contributed by atoms with Crippen LogP contribution in [0.4, 0.5) is 8.78 Å². The van der Waals surface area contributed by atoms with Crippen LogP contribution in [-0.2, 0) is 4.74 Å². The fourth-order valence-corrected chi connectivity index (χ4v) is 6.37. The Labute approximate surface area is 192 Å². The van der Waals surface area contributed by atoms with Crippen molar-refractivity contribution >= 4 is 0 Å². The molecule has 3 atom stereocenters. The van der Waals surface area contributed by atoms with E-state index in [1.165, 1.54) is 56.9 Å². The first-order valence-electron chi connectivity index (χ1n) is 13.0. The van der Waals surface area contributed by atoms with Crippen molar-refractivity contribution < 1.29 is 18.3 Å². The molecule has 0 radical (unpaired) electrons. The molecule has 178 valence electrons. The first kappa shape index (κ1) is 23.7. The lowest BCUT2D eigenvalue weighted by atomic mass is 9.70. The van der Waals surface area contributed by atoms with Crippen molar-refractivity contribution in [2.24, 2.45) is 17.8 Å². The van der Waals surface area contributed by atoms with E-state index in [0.717, 1.165) is 37.0 Å². The lowest BCUT2D eigenvalue weighted by molar-refractivity contribution is 0.0209. The summed E-state index contributed by atoms with van der Waals surface area (Å²) in [5.74, 6) is 0.973. The molecule has 2 nitrogen and oxygen atoms in total. The highest BCUT2D eigenvalue weighted by Gasteiger charge is 2.32. The molecular weight excluding hydrogens is 406 g/mol. The Bertz CT molecular complexity index is 774. The first-order valence-corrected chi connectivity index (χ1v) is 13.0. The third kappa shape index (κ3) is 5.38. The molecule has 4 heteroatoms. The van der Waals surface area contributed by atoms with E-state index in [2.05, 4.69) is 13.0 Å². The standard InChI is InChI=1S/C28H40F2O2/c1-3-5-19-6-8-20(9-7-19)21-10-12-22(13-11-21)25-16-14-23(18-32-25)24-15-17-26(31-4-2)28(30)27(24)29/h12,15,17,19-21,23,25H,3-11,13-14,16,18H2,1-2H3. The van der Waals surface area contributed by atoms with E-state index in [-0.39, 0.29) is 17.8 Å². The monoisotopic (exact) mass is 446 g/mol. The second-order valence-corrected chi connectivity index (χ2v) is 10.2. The quantitative estimate of drug-likeness (QED) is 0.396. The predicted molar refractivity (Wildman–Crippen MR) is 125 cm³/mol. The molecule has 1 aliphatic heterocycles. The van der Waals surface area contributed by atoms with Crippen LogP contribution in [-0.4, -0.2) is 19.3 Å². The second-order valence-electron chi connectivity index (χ2n) is 10.2. The zero-order valence-corrected chi connectivity index (χ0v) is 19.9. The van der Waals surface area contributed by atoms with Gasteiger partial charge in [-0.2, -0.15) is 4.39 Å². The third-order valence-electron chi connectivity index (χ3n) is 8.25. The highest BCUT2D eigenvalue weighted by molar-refractivity contribution is 5.33. The normalized spacial score (nSPS) is 31.2. The van der Waals surface area contributed by atoms with Gasteiger partial charge in [-0.15, -0.1) is 0 Å². The second kappa shape index (κ2) is 11.1. The molecule has 1 saturated heterocycles. The molecule has 3 aliphatic rings. The molecular formula is C28H40F2O2. The third-order valence-corrected chi connectivity index (χ3v) is 8.25. The number of hydrogen-bond donors (Lipinski definition) is 0. The summed E-state index contributed by atoms with van der Waals surface area (Å²) in [6.45, 7) is 4.85. The summed E-state index contributed by atoms with van der Waals surface area (Å²) < 4.78 is 40.2. The van der Waals surface area contributed by atoms with Crippen LogP contribution in [0.15, 0.2) is 23.8 Å². The highest BCUT2D eigenvalue weighted by atomic mass is 19.2. The van der Waals surface area contributed by atoms with Crippen molar-refractivity contribution in [3.8, 4) is 5.75 Å². The minimum absolute atomic E-state index is 0.0101. The van der Waals surface area contributed by atoms with Gasteiger partial charge in [-0.05, 0) is 86.8 Å². The Balaban J connectivity index is 1.28. The lowest BCUT2D eigenvalue weighted by Crippen LogP contribution is -2.29. The molecule has 0 spiro atoms. The average molecular weight is 447 g/mol. The number of hydrogen-bond acceptors (Lipinski definition) is 2. The maximum Gasteiger partial charge on any atom is 0.200 e. The van der Waals surface area contributed by atoms with Crippen LogP contribution in [0.1, 0.15) is 96.0 Å². The van der Waals surface area contributed by atoms with Crippen LogP contribution >= 0.6 is 0 Å². The van der Waals surface area contributed by atoms with Crippen LogP contribution in [0.5, 0.6) is 5.75 Å². The van der Waals surface area contributed by atoms with Gasteiger partial charge < -0.3 is 9.47 Å². The highest BCUT2D eigenvalue weighted by Crippen LogP contribution is 2.42. The summed E-state index contributed by atoms with van der Waals surface area (Å²) in [5.41, 5.74) is 1.86. The molecule has 1 heterocycles. The Morgan fingerprint density at radius 3 is 2.38 bits per heavy atom. The maximum atomic E-state index is 14.6. The summed E-state index contributed by atoms with van der Waals surface area (Å²) in [4.78, 5) is 0. The van der Waals surface area contributed by atoms with Crippen molar-refractivity contribution in [2.75, 3.05) is 13.2 Å². The van der Waals surface area contributed by atoms with Crippen molar-refractivity contribution in [3.63, 3.8) is 0 Å². The number of halogens is 2. The van der Waals surface area contributed by atoms with E-state index < -0.39 is 11.6 Å². The van der Waals surface area contributed by atoms with Gasteiger partial charge in [0.05, 0.1) is 19.3 Å². The van der Waals surface area contributed by atoms with Gasteiger partial charge in [-0.25, -0.2) is 4.39 Å². The molecule has 1 saturated carbocycles. The van der Waals surface area contributed by atoms with Crippen LogP contribution in [0.25, 0.3) is 0 Å². The number of rotatable bonds is 7. The van der Waals surface area contributed by atoms with E-state index in [1.807, 2.05) is 0 Å². The number of benzene rings is 1. The number of allylic oxidation sites excluding steroid dienone is 1. The molecule has 2 fully saturated rings. The van der Waals surface area contributed by atoms with Crippen LogP contribution in [0.3, 0.4) is 0 Å². The molecule has 0 aromatic heterocycles. The first-order chi connectivity index (χ1) is 15.6. The topological polar surface area (TPSA) is 18.5 Å². The molecule has 1 aromatic rings. The summed E-state index contributed by atoms with van der Waals surface area (Å²) in [6, 6.07) is 3.21. The van der Waals surface area contributed by atoms with Crippen molar-refractivity contribution in [1.82, 2.24) is 0 Å². The molecule has 0 amide bonds. The van der Waals surface area contributed by atoms with Crippen molar-refractivity contribution in [3.05, 3.63) is 41.0 Å². The van der Waals surface area contributed by atoms with Gasteiger partial charge in [0.25, 0.3) is 0 Å². The Morgan fingerprint density at radius 2 is 1.75 bits per heavy atom. The molecule has 0 bridgehead atoms. The fraction of sp³-hybridized carbons (Fsp3) is 0.714. The summed E-state index contributed by atoms with van der Waals surface area (Å²) in [5, 5.41) is 0. The molecule has 3 unspecified atom stereocenters. The molecule has 4 rings (SSSR count). The number of ether oxygens (including phenoxy) is 2. The largest absolute Gasteiger partial charge is 0.491 e. The van der Waals surface area contributed by atoms with E-state index >= 15 is 0 Å². The molecule has 32 heavy (non-hydrogen) atoms. The van der Waals surface area contributed by atoms with E-state index in [9.17, 15) is 8.78 Å². The Morgan fingerprint density at radius 1 is 0.938 bits per heavy atom. The van der Waals surface area contributed by atoms with Crippen LogP contribution in [0.2, 0.25) is 0 Å². The predicted octanol–water partition coefficient (Wildman–Crippen LogP) is 7.96. The zero-order valence-electron chi connectivity index (χ0n) is 19.9. The van der Waals surface area contributed by atoms with Crippen molar-refractivity contribution in [1.29, 1.82) is 0 Å². The van der Waals surface area contributed by atoms with Gasteiger partial charge in [0.1, 0.15) is 0 Å². The Hall–Kier alpha value is -1.42. The van der Waals surface area contributed by atoms with Gasteiger partial charge in [0.2, 0.25) is 5.82 Å². The Kier molecular flexibility index (Phi) is 8.26. The van der Waals surface area contributed by atoms with Crippen LogP contribution < -0.4 is 4.74 Å². The van der Waals surface area contributed by atoms with Gasteiger partial charge in [0.15, 0.2) is 11.6 Å². The molecule has 2 aliphatic carbocycles. The van der Waals surface area contributed by atoms with E-state index in [4.69, 9.17) is 9.47 Å². The summed E-state index contributed by atoms with van der Waals surface area (Å²) in [7, 11) is 0. The van der Waals surface area contributed by atoms with Gasteiger partial charge in [-0.3, -0.25) is 0 Å². The van der Waals surface area contributed by atoms with Crippen LogP contribution in [0, 0.1) is 29.4 Å². The van der Waals surface area contributed by atoms with Crippen molar-refractivity contribution in [2.45, 2.75) is 96.5 Å². The minimum atomic E-state index is -0.878. The van der Waals surface area contributed by atoms with Gasteiger partial charge >= 0.3 is 0 Å². The lowest BCUT2D eigenvalue weighted by Gasteiger charge is -2.37. The average Bonchev–Trinajstić information content (AvgIpc) is 2.83. The smallest absolute Gasteiger partial charge is 0.200 e. The SMILES string of the molecule is CCCC1CCC(C2CC=C(C3CCC(c4ccc(OCC)c(F)c4F)CO3)CC2)CC1. The minimum Gasteiger partial charge on any atom is -0.491 e. The molecule has 1 aromatic carbocycles. The van der Waals surface area contributed by atoms with Gasteiger partial charge in [-0.1, -0.05) is 44.7 Å².